The predicted octanol–water partition coefficient (Wildman–Crippen LogP) is 9.55. The number of nitrogens with one attached hydrogen (secondary N) is 2. The van der Waals surface area contributed by atoms with E-state index >= 15 is 0 Å². The summed E-state index contributed by atoms with van der Waals surface area (Å²) in [6.45, 7) is 16.7. The Labute approximate surface area is 328 Å². The van der Waals surface area contributed by atoms with Gasteiger partial charge in [0.25, 0.3) is 0 Å². The van der Waals surface area contributed by atoms with E-state index < -0.39 is 16.8 Å². The minimum Gasteiger partial charge on any atom is -0.480 e. The molecule has 0 aliphatic rings. The molecule has 0 aliphatic heterocycles. The molecule has 0 fully saturated rings. The Kier molecular flexibility index (Phi) is 17.4. The molecule has 4 aromatic carbocycles. The van der Waals surface area contributed by atoms with Gasteiger partial charge in [0.1, 0.15) is 6.04 Å². The first-order valence-electron chi connectivity index (χ1n) is 19.4. The molecule has 53 heavy (non-hydrogen) atoms. The van der Waals surface area contributed by atoms with Crippen LogP contribution in [0.1, 0.15) is 76.1 Å². The van der Waals surface area contributed by atoms with Crippen LogP contribution < -0.4 is 10.6 Å². The molecule has 2 atom stereocenters. The average molecular weight is 753 g/mol. The number of carboxylic acids is 1. The number of nitrogens with zero attached hydrogens (tertiary/aromatic N) is 2. The Bertz CT molecular complexity index is 1540. The molecule has 0 spiro atoms. The van der Waals surface area contributed by atoms with Crippen molar-refractivity contribution in [1.82, 2.24) is 15.1 Å². The molecule has 0 aliphatic carbocycles. The zero-order valence-electron chi connectivity index (χ0n) is 32.3. The van der Waals surface area contributed by atoms with E-state index in [-0.39, 0.29) is 10.9 Å². The summed E-state index contributed by atoms with van der Waals surface area (Å²) in [5, 5.41) is 17.0. The predicted molar refractivity (Wildman–Crippen MR) is 230 cm³/mol. The van der Waals surface area contributed by atoms with Gasteiger partial charge in [0.05, 0.1) is 4.75 Å². The molecular formula is C45H60N4O2S2. The van der Waals surface area contributed by atoms with E-state index in [2.05, 4.69) is 104 Å². The van der Waals surface area contributed by atoms with E-state index in [1.54, 1.807) is 11.8 Å². The quantitative estimate of drug-likeness (QED) is 0.0542. The first-order valence-corrected chi connectivity index (χ1v) is 20.8. The van der Waals surface area contributed by atoms with E-state index in [4.69, 9.17) is 12.2 Å². The van der Waals surface area contributed by atoms with Gasteiger partial charge in [0, 0.05) is 24.0 Å². The number of hydrogen-bond donors (Lipinski definition) is 3. The van der Waals surface area contributed by atoms with Crippen LogP contribution in [0.2, 0.25) is 0 Å². The third-order valence-corrected chi connectivity index (χ3v) is 12.4. The summed E-state index contributed by atoms with van der Waals surface area (Å²) in [4.78, 5) is 17.9. The minimum atomic E-state index is -0.955. The molecule has 4 aromatic rings. The number of aliphatic carboxylic acids is 1. The lowest BCUT2D eigenvalue weighted by molar-refractivity contribution is -0.138. The molecule has 2 unspecified atom stereocenters. The lowest BCUT2D eigenvalue weighted by Gasteiger charge is -2.36. The molecule has 4 rings (SSSR count). The number of carboxylic acid groups (broad SMARTS) is 1. The Morgan fingerprint density at radius 1 is 0.755 bits per heavy atom. The molecule has 3 N–H and O–H groups in total. The summed E-state index contributed by atoms with van der Waals surface area (Å²) >= 11 is 7.30. The van der Waals surface area contributed by atoms with Crippen molar-refractivity contribution in [3.05, 3.63) is 138 Å². The Hall–Kier alpha value is -3.69. The highest BCUT2D eigenvalue weighted by Crippen LogP contribution is 2.48. The van der Waals surface area contributed by atoms with E-state index in [0.29, 0.717) is 6.04 Å². The number of carbonyl (C=O) groups is 1. The Morgan fingerprint density at radius 2 is 1.26 bits per heavy atom. The van der Waals surface area contributed by atoms with Gasteiger partial charge in [-0.2, -0.15) is 0 Å². The number of likely N-dealkylation sites (N-methyl/N-ethyl adjacent to an activating group) is 2. The van der Waals surface area contributed by atoms with Crippen LogP contribution in [-0.2, 0) is 16.0 Å². The van der Waals surface area contributed by atoms with Crippen LogP contribution in [-0.4, -0.2) is 76.5 Å². The summed E-state index contributed by atoms with van der Waals surface area (Å²) in [5.74, 6) is 0.115. The van der Waals surface area contributed by atoms with Crippen LogP contribution in [0, 0.1) is 5.92 Å². The summed E-state index contributed by atoms with van der Waals surface area (Å²) in [6, 6.07) is 38.9. The van der Waals surface area contributed by atoms with Crippen molar-refractivity contribution >= 4 is 40.7 Å². The van der Waals surface area contributed by atoms with Gasteiger partial charge < -0.3 is 20.6 Å². The highest BCUT2D eigenvalue weighted by atomic mass is 32.2. The SMILES string of the molecule is CCC(CC)CCN(CC)CC(Cc1ccc(NC(=S)NC(CSC(c2ccccc2)(c2ccccc2)c2ccccc2)C(=O)O)cc1)N(CC)CC. The van der Waals surface area contributed by atoms with Crippen molar-refractivity contribution in [1.29, 1.82) is 0 Å². The molecule has 0 saturated heterocycles. The first-order chi connectivity index (χ1) is 25.8. The summed E-state index contributed by atoms with van der Waals surface area (Å²) < 4.78 is -0.630. The van der Waals surface area contributed by atoms with Crippen molar-refractivity contribution in [3.63, 3.8) is 0 Å². The standard InChI is InChI=1S/C45H60N4O2S2/c1-6-35(7-2)30-31-48(8-3)33-41(49(9-4)10-5)32-36-26-28-40(29-27-36)46-44(52)47-42(43(50)51)34-53-45(37-20-14-11-15-21-37,38-22-16-12-17-23-38)39-24-18-13-19-25-39/h11-29,35,41-42H,6-10,30-34H2,1-5H3,(H,50,51)(H2,46,47,52). The molecule has 6 nitrogen and oxygen atoms in total. The fourth-order valence-corrected chi connectivity index (χ4v) is 9.07. The molecule has 284 valence electrons. The van der Waals surface area contributed by atoms with Crippen LogP contribution in [0.3, 0.4) is 0 Å². The van der Waals surface area contributed by atoms with Crippen LogP contribution in [0.25, 0.3) is 0 Å². The van der Waals surface area contributed by atoms with Crippen LogP contribution in [0.5, 0.6) is 0 Å². The Balaban J connectivity index is 1.45. The molecule has 0 amide bonds. The van der Waals surface area contributed by atoms with E-state index in [9.17, 15) is 9.90 Å². The number of thiocarbonyl (C=S) groups is 1. The molecule has 0 radical (unpaired) electrons. The maximum Gasteiger partial charge on any atom is 0.327 e. The highest BCUT2D eigenvalue weighted by Gasteiger charge is 2.38. The smallest absolute Gasteiger partial charge is 0.327 e. The topological polar surface area (TPSA) is 67.8 Å². The third-order valence-electron chi connectivity index (χ3n) is 10.5. The summed E-state index contributed by atoms with van der Waals surface area (Å²) in [6.07, 6.45) is 4.73. The number of rotatable bonds is 22. The number of hydrogen-bond acceptors (Lipinski definition) is 5. The molecular weight excluding hydrogens is 693 g/mol. The fourth-order valence-electron chi connectivity index (χ4n) is 7.26. The zero-order valence-corrected chi connectivity index (χ0v) is 34.0. The normalized spacial score (nSPS) is 12.9. The van der Waals surface area contributed by atoms with E-state index in [0.717, 1.165) is 67.4 Å². The lowest BCUT2D eigenvalue weighted by Crippen LogP contribution is -2.45. The van der Waals surface area contributed by atoms with E-state index in [1.165, 1.54) is 24.8 Å². The van der Waals surface area contributed by atoms with Crippen molar-refractivity contribution < 1.29 is 9.90 Å². The van der Waals surface area contributed by atoms with Crippen molar-refractivity contribution in [3.8, 4) is 0 Å². The summed E-state index contributed by atoms with van der Waals surface area (Å²) in [5.41, 5.74) is 5.36. The van der Waals surface area contributed by atoms with Gasteiger partial charge in [0.15, 0.2) is 5.11 Å². The second kappa shape index (κ2) is 21.9. The lowest BCUT2D eigenvalue weighted by atomic mass is 9.84. The van der Waals surface area contributed by atoms with Crippen molar-refractivity contribution in [2.24, 2.45) is 5.92 Å². The van der Waals surface area contributed by atoms with Gasteiger partial charge in [-0.15, -0.1) is 11.8 Å². The van der Waals surface area contributed by atoms with Crippen molar-refractivity contribution in [2.75, 3.05) is 43.8 Å². The number of anilines is 1. The highest BCUT2D eigenvalue weighted by molar-refractivity contribution is 8.00. The van der Waals surface area contributed by atoms with Crippen LogP contribution in [0.4, 0.5) is 5.69 Å². The number of benzene rings is 4. The van der Waals surface area contributed by atoms with Crippen molar-refractivity contribution in [2.45, 2.75) is 77.1 Å². The van der Waals surface area contributed by atoms with Crippen LogP contribution >= 0.6 is 24.0 Å². The van der Waals surface area contributed by atoms with Gasteiger partial charge in [0.2, 0.25) is 0 Å². The molecule has 0 heterocycles. The first kappa shape index (κ1) is 42.1. The van der Waals surface area contributed by atoms with Crippen LogP contribution in [0.15, 0.2) is 115 Å². The average Bonchev–Trinajstić information content (AvgIpc) is 3.19. The van der Waals surface area contributed by atoms with Gasteiger partial charge in [-0.05, 0) is 91.5 Å². The van der Waals surface area contributed by atoms with Gasteiger partial charge in [-0.3, -0.25) is 4.90 Å². The van der Waals surface area contributed by atoms with Gasteiger partial charge >= 0.3 is 5.97 Å². The molecule has 0 aromatic heterocycles. The fraction of sp³-hybridized carbons (Fsp3) is 0.422. The second-order valence-electron chi connectivity index (χ2n) is 13.7. The monoisotopic (exact) mass is 752 g/mol. The van der Waals surface area contributed by atoms with Gasteiger partial charge in [-0.1, -0.05) is 151 Å². The Morgan fingerprint density at radius 3 is 1.70 bits per heavy atom. The maximum absolute atomic E-state index is 12.7. The summed E-state index contributed by atoms with van der Waals surface area (Å²) in [7, 11) is 0. The molecule has 0 saturated carbocycles. The molecule has 8 heteroatoms. The third kappa shape index (κ3) is 11.9. The van der Waals surface area contributed by atoms with Gasteiger partial charge in [-0.25, -0.2) is 4.79 Å². The minimum absolute atomic E-state index is 0.272. The molecule has 0 bridgehead atoms. The maximum atomic E-state index is 12.7. The number of thioether (sulfide) groups is 1. The zero-order chi connectivity index (χ0) is 38.1. The van der Waals surface area contributed by atoms with E-state index in [1.807, 2.05) is 66.7 Å². The second-order valence-corrected chi connectivity index (χ2v) is 15.4. The largest absolute Gasteiger partial charge is 0.480 e.